The first-order valence-electron chi connectivity index (χ1n) is 3.93. The lowest BCUT2D eigenvalue weighted by atomic mass is 10.0. The molecule has 0 heterocycles. The summed E-state index contributed by atoms with van der Waals surface area (Å²) in [6.07, 6.45) is 0. The SMILES string of the molecule is Cc1cc(C#N)cc(C(=O)O)c1CBr. The van der Waals surface area contributed by atoms with E-state index in [9.17, 15) is 4.79 Å². The molecule has 0 fully saturated rings. The molecule has 1 rings (SSSR count). The number of benzene rings is 1. The van der Waals surface area contributed by atoms with Crippen LogP contribution in [-0.2, 0) is 5.33 Å². The number of carboxylic acid groups (broad SMARTS) is 1. The molecule has 1 aromatic rings. The summed E-state index contributed by atoms with van der Waals surface area (Å²) in [6, 6.07) is 5.01. The van der Waals surface area contributed by atoms with Crippen LogP contribution in [0.3, 0.4) is 0 Å². The fourth-order valence-corrected chi connectivity index (χ4v) is 1.99. The number of alkyl halides is 1. The van der Waals surface area contributed by atoms with Gasteiger partial charge in [0.25, 0.3) is 0 Å². The standard InChI is InChI=1S/C10H8BrNO2/c1-6-2-7(5-12)3-8(10(13)14)9(6)4-11/h2-3H,4H2,1H3,(H,13,14). The molecule has 0 amide bonds. The Morgan fingerprint density at radius 3 is 2.71 bits per heavy atom. The summed E-state index contributed by atoms with van der Waals surface area (Å²) in [5.74, 6) is -1.00. The molecule has 0 aromatic heterocycles. The summed E-state index contributed by atoms with van der Waals surface area (Å²) in [5, 5.41) is 18.1. The van der Waals surface area contributed by atoms with E-state index in [1.165, 1.54) is 6.07 Å². The molecule has 0 saturated carbocycles. The number of nitrogens with zero attached hydrogens (tertiary/aromatic N) is 1. The van der Waals surface area contributed by atoms with E-state index in [1.54, 1.807) is 13.0 Å². The van der Waals surface area contributed by atoms with Gasteiger partial charge in [-0.2, -0.15) is 5.26 Å². The van der Waals surface area contributed by atoms with Crippen LogP contribution < -0.4 is 0 Å². The number of rotatable bonds is 2. The molecule has 14 heavy (non-hydrogen) atoms. The second kappa shape index (κ2) is 4.25. The van der Waals surface area contributed by atoms with Gasteiger partial charge in [-0.1, -0.05) is 15.9 Å². The van der Waals surface area contributed by atoms with Crippen LogP contribution >= 0.6 is 15.9 Å². The van der Waals surface area contributed by atoms with Gasteiger partial charge < -0.3 is 5.11 Å². The molecule has 3 nitrogen and oxygen atoms in total. The van der Waals surface area contributed by atoms with E-state index in [0.29, 0.717) is 10.9 Å². The summed E-state index contributed by atoms with van der Waals surface area (Å²) >= 11 is 3.23. The maximum Gasteiger partial charge on any atom is 0.336 e. The van der Waals surface area contributed by atoms with Crippen molar-refractivity contribution in [3.8, 4) is 6.07 Å². The molecule has 0 aliphatic rings. The third-order valence-corrected chi connectivity index (χ3v) is 2.53. The Bertz CT molecular complexity index is 421. The van der Waals surface area contributed by atoms with Crippen molar-refractivity contribution in [2.75, 3.05) is 0 Å². The van der Waals surface area contributed by atoms with Crippen molar-refractivity contribution in [1.82, 2.24) is 0 Å². The van der Waals surface area contributed by atoms with E-state index in [2.05, 4.69) is 15.9 Å². The zero-order valence-electron chi connectivity index (χ0n) is 7.54. The topological polar surface area (TPSA) is 61.1 Å². The lowest BCUT2D eigenvalue weighted by molar-refractivity contribution is 0.0696. The van der Waals surface area contributed by atoms with E-state index in [1.807, 2.05) is 6.07 Å². The fraction of sp³-hybridized carbons (Fsp3) is 0.200. The smallest absolute Gasteiger partial charge is 0.336 e. The summed E-state index contributed by atoms with van der Waals surface area (Å²) in [4.78, 5) is 10.9. The van der Waals surface area contributed by atoms with E-state index in [4.69, 9.17) is 10.4 Å². The van der Waals surface area contributed by atoms with E-state index in [0.717, 1.165) is 11.1 Å². The Morgan fingerprint density at radius 2 is 2.29 bits per heavy atom. The van der Waals surface area contributed by atoms with Gasteiger partial charge in [0.05, 0.1) is 17.2 Å². The first kappa shape index (κ1) is 10.7. The Balaban J connectivity index is 3.45. The Morgan fingerprint density at radius 1 is 1.64 bits per heavy atom. The summed E-state index contributed by atoms with van der Waals surface area (Å²) in [7, 11) is 0. The molecule has 1 N–H and O–H groups in total. The predicted molar refractivity (Wildman–Crippen MR) is 55.5 cm³/mol. The monoisotopic (exact) mass is 253 g/mol. The Hall–Kier alpha value is -1.34. The van der Waals surface area contributed by atoms with Crippen LogP contribution in [0.4, 0.5) is 0 Å². The van der Waals surface area contributed by atoms with Crippen LogP contribution in [0.15, 0.2) is 12.1 Å². The van der Waals surface area contributed by atoms with Crippen molar-refractivity contribution in [3.05, 3.63) is 34.4 Å². The maximum atomic E-state index is 10.9. The molecule has 1 aromatic carbocycles. The lowest BCUT2D eigenvalue weighted by Gasteiger charge is -2.06. The van der Waals surface area contributed by atoms with Gasteiger partial charge in [0.2, 0.25) is 0 Å². The van der Waals surface area contributed by atoms with Gasteiger partial charge in [-0.15, -0.1) is 0 Å². The molecule has 0 unspecified atom stereocenters. The average Bonchev–Trinajstić information content (AvgIpc) is 2.16. The van der Waals surface area contributed by atoms with Crippen LogP contribution in [0.25, 0.3) is 0 Å². The first-order chi connectivity index (χ1) is 6.60. The number of aryl methyl sites for hydroxylation is 1. The number of hydrogen-bond acceptors (Lipinski definition) is 2. The van der Waals surface area contributed by atoms with Crippen molar-refractivity contribution in [1.29, 1.82) is 5.26 Å². The zero-order chi connectivity index (χ0) is 10.7. The molecule has 0 radical (unpaired) electrons. The second-order valence-electron chi connectivity index (χ2n) is 2.87. The lowest BCUT2D eigenvalue weighted by Crippen LogP contribution is -2.04. The minimum absolute atomic E-state index is 0.193. The Kier molecular flexibility index (Phi) is 3.26. The van der Waals surface area contributed by atoms with Crippen LogP contribution in [0.1, 0.15) is 27.0 Å². The van der Waals surface area contributed by atoms with Crippen molar-refractivity contribution in [2.45, 2.75) is 12.3 Å². The number of nitriles is 1. The minimum Gasteiger partial charge on any atom is -0.478 e. The highest BCUT2D eigenvalue weighted by molar-refractivity contribution is 9.08. The average molecular weight is 254 g/mol. The quantitative estimate of drug-likeness (QED) is 0.824. The van der Waals surface area contributed by atoms with Gasteiger partial charge >= 0.3 is 5.97 Å². The second-order valence-corrected chi connectivity index (χ2v) is 3.43. The predicted octanol–water partition coefficient (Wildman–Crippen LogP) is 2.46. The van der Waals surface area contributed by atoms with Gasteiger partial charge in [-0.25, -0.2) is 4.79 Å². The van der Waals surface area contributed by atoms with Gasteiger partial charge in [-0.3, -0.25) is 0 Å². The van der Waals surface area contributed by atoms with E-state index < -0.39 is 5.97 Å². The molecule has 0 saturated heterocycles. The van der Waals surface area contributed by atoms with Crippen molar-refractivity contribution in [2.24, 2.45) is 0 Å². The fourth-order valence-electron chi connectivity index (χ4n) is 1.25. The highest BCUT2D eigenvalue weighted by Gasteiger charge is 2.12. The highest BCUT2D eigenvalue weighted by Crippen LogP contribution is 2.19. The van der Waals surface area contributed by atoms with E-state index >= 15 is 0 Å². The molecule has 72 valence electrons. The normalized spacial score (nSPS) is 9.50. The zero-order valence-corrected chi connectivity index (χ0v) is 9.13. The van der Waals surface area contributed by atoms with E-state index in [-0.39, 0.29) is 5.56 Å². The minimum atomic E-state index is -1.00. The largest absolute Gasteiger partial charge is 0.478 e. The number of halogens is 1. The highest BCUT2D eigenvalue weighted by atomic mass is 79.9. The van der Waals surface area contributed by atoms with Gasteiger partial charge in [0.1, 0.15) is 0 Å². The molecule has 0 spiro atoms. The molecule has 0 aliphatic carbocycles. The maximum absolute atomic E-state index is 10.9. The third-order valence-electron chi connectivity index (χ3n) is 1.97. The first-order valence-corrected chi connectivity index (χ1v) is 5.05. The molecule has 0 atom stereocenters. The number of carboxylic acids is 1. The van der Waals surface area contributed by atoms with Crippen molar-refractivity contribution < 1.29 is 9.90 Å². The molecular formula is C10H8BrNO2. The number of hydrogen-bond donors (Lipinski definition) is 1. The van der Waals surface area contributed by atoms with Crippen molar-refractivity contribution >= 4 is 21.9 Å². The third kappa shape index (κ3) is 1.94. The number of aromatic carboxylic acids is 1. The number of carbonyl (C=O) groups is 1. The summed E-state index contributed by atoms with van der Waals surface area (Å²) in [6.45, 7) is 1.80. The summed E-state index contributed by atoms with van der Waals surface area (Å²) < 4.78 is 0. The van der Waals surface area contributed by atoms with Gasteiger partial charge in [0.15, 0.2) is 0 Å². The van der Waals surface area contributed by atoms with Gasteiger partial charge in [0, 0.05) is 5.33 Å². The molecule has 0 bridgehead atoms. The molecular weight excluding hydrogens is 246 g/mol. The van der Waals surface area contributed by atoms with Crippen LogP contribution in [0.5, 0.6) is 0 Å². The van der Waals surface area contributed by atoms with Crippen LogP contribution in [0, 0.1) is 18.3 Å². The Labute approximate surface area is 90.1 Å². The van der Waals surface area contributed by atoms with Crippen LogP contribution in [0.2, 0.25) is 0 Å². The summed E-state index contributed by atoms with van der Waals surface area (Å²) in [5.41, 5.74) is 2.11. The van der Waals surface area contributed by atoms with Crippen molar-refractivity contribution in [3.63, 3.8) is 0 Å². The van der Waals surface area contributed by atoms with Crippen LogP contribution in [-0.4, -0.2) is 11.1 Å². The molecule has 4 heteroatoms. The van der Waals surface area contributed by atoms with Gasteiger partial charge in [-0.05, 0) is 30.2 Å². The molecule has 0 aliphatic heterocycles.